The van der Waals surface area contributed by atoms with Crippen molar-refractivity contribution in [3.8, 4) is 5.75 Å². The number of phenols is 1. The van der Waals surface area contributed by atoms with Crippen LogP contribution in [0.5, 0.6) is 5.75 Å². The molecule has 0 spiro atoms. The summed E-state index contributed by atoms with van der Waals surface area (Å²) in [5.41, 5.74) is 9.79. The van der Waals surface area contributed by atoms with Gasteiger partial charge in [0.05, 0.1) is 25.0 Å². The zero-order chi connectivity index (χ0) is 20.3. The predicted molar refractivity (Wildman–Crippen MR) is 115 cm³/mol. The first-order chi connectivity index (χ1) is 13.4. The van der Waals surface area contributed by atoms with Crippen LogP contribution < -0.4 is 20.5 Å². The third-order valence-electron chi connectivity index (χ3n) is 4.81. The van der Waals surface area contributed by atoms with Crippen LogP contribution in [0, 0.1) is 6.92 Å². The van der Waals surface area contributed by atoms with E-state index in [1.807, 2.05) is 29.9 Å². The number of aromatic hydroxyl groups is 1. The molecule has 0 atom stereocenters. The van der Waals surface area contributed by atoms with E-state index in [0.717, 1.165) is 31.0 Å². The molecule has 0 aliphatic rings. The number of aryl methyl sites for hydroxylation is 2. The van der Waals surface area contributed by atoms with Crippen LogP contribution in [0.15, 0.2) is 49.1 Å². The van der Waals surface area contributed by atoms with Crippen molar-refractivity contribution in [1.82, 2.24) is 4.57 Å². The number of phenolic OH excluding ortho intramolecular Hbond substituents is 1. The second kappa shape index (κ2) is 8.44. The van der Waals surface area contributed by atoms with Gasteiger partial charge in [0.15, 0.2) is 0 Å². The third-order valence-corrected chi connectivity index (χ3v) is 5.20. The number of halogens is 1. The molecule has 6 nitrogen and oxygen atoms in total. The molecule has 0 unspecified atom stereocenters. The van der Waals surface area contributed by atoms with Gasteiger partial charge in [0.25, 0.3) is 0 Å². The summed E-state index contributed by atoms with van der Waals surface area (Å²) >= 11 is 6.10. The Bertz CT molecular complexity index is 952. The Morgan fingerprint density at radius 2 is 2.00 bits per heavy atom. The van der Waals surface area contributed by atoms with E-state index in [2.05, 4.69) is 46.4 Å². The standard InChI is InChI=1S/C21H26ClN5O/c1-4-27(12-11-26-10-9-25(3)14-26)17-7-5-16(6-8-17)24-18-13-15(2)21(28)19(22)20(18)23/h5-10,13-14,24H,4,11-12,23H2,1-3H3/p+1. The first kappa shape index (κ1) is 19.9. The third kappa shape index (κ3) is 4.34. The second-order valence-corrected chi connectivity index (χ2v) is 7.26. The van der Waals surface area contributed by atoms with Crippen LogP contribution in [0.3, 0.4) is 0 Å². The number of hydrogen-bond donors (Lipinski definition) is 3. The highest BCUT2D eigenvalue weighted by Gasteiger charge is 2.12. The van der Waals surface area contributed by atoms with E-state index in [-0.39, 0.29) is 10.8 Å². The number of nitrogens with two attached hydrogens (primary N) is 1. The lowest BCUT2D eigenvalue weighted by Crippen LogP contribution is -2.39. The van der Waals surface area contributed by atoms with E-state index in [0.29, 0.717) is 16.9 Å². The average Bonchev–Trinajstić information content (AvgIpc) is 3.11. The normalized spacial score (nSPS) is 10.9. The molecule has 0 fully saturated rings. The summed E-state index contributed by atoms with van der Waals surface area (Å²) in [6, 6.07) is 10.0. The fourth-order valence-electron chi connectivity index (χ4n) is 3.14. The number of rotatable bonds is 7. The number of nitrogens with one attached hydrogen (secondary N) is 1. The fourth-order valence-corrected chi connectivity index (χ4v) is 3.39. The van der Waals surface area contributed by atoms with Crippen LogP contribution in [0.1, 0.15) is 12.5 Å². The number of aromatic nitrogens is 2. The summed E-state index contributed by atoms with van der Waals surface area (Å²) < 4.78 is 4.22. The number of nitrogen functional groups attached to an aromatic ring is 1. The first-order valence-electron chi connectivity index (χ1n) is 9.29. The monoisotopic (exact) mass is 400 g/mol. The van der Waals surface area contributed by atoms with Crippen LogP contribution in [0.4, 0.5) is 22.7 Å². The van der Waals surface area contributed by atoms with Crippen LogP contribution in [0.25, 0.3) is 0 Å². The maximum Gasteiger partial charge on any atom is 0.243 e. The van der Waals surface area contributed by atoms with Gasteiger partial charge >= 0.3 is 0 Å². The van der Waals surface area contributed by atoms with Crippen molar-refractivity contribution in [2.24, 2.45) is 7.05 Å². The molecule has 1 heterocycles. The van der Waals surface area contributed by atoms with Crippen LogP contribution >= 0.6 is 11.6 Å². The number of imidazole rings is 1. The Morgan fingerprint density at radius 3 is 2.61 bits per heavy atom. The number of hydrogen-bond acceptors (Lipinski definition) is 4. The fraction of sp³-hybridized carbons (Fsp3) is 0.286. The Morgan fingerprint density at radius 1 is 1.29 bits per heavy atom. The van der Waals surface area contributed by atoms with E-state index in [1.54, 1.807) is 13.0 Å². The maximum absolute atomic E-state index is 9.89. The van der Waals surface area contributed by atoms with Crippen molar-refractivity contribution in [2.75, 3.05) is 29.0 Å². The van der Waals surface area contributed by atoms with E-state index >= 15 is 0 Å². The summed E-state index contributed by atoms with van der Waals surface area (Å²) in [4.78, 5) is 2.33. The van der Waals surface area contributed by atoms with Crippen LogP contribution in [-0.2, 0) is 13.6 Å². The topological polar surface area (TPSA) is 70.3 Å². The van der Waals surface area contributed by atoms with Crippen molar-refractivity contribution in [2.45, 2.75) is 20.4 Å². The van der Waals surface area contributed by atoms with Gasteiger partial charge in [-0.2, -0.15) is 0 Å². The molecule has 0 bridgehead atoms. The highest BCUT2D eigenvalue weighted by molar-refractivity contribution is 6.35. The predicted octanol–water partition coefficient (Wildman–Crippen LogP) is 3.83. The molecule has 0 aliphatic carbocycles. The molecule has 0 amide bonds. The molecule has 1 aromatic heterocycles. The smallest absolute Gasteiger partial charge is 0.243 e. The molecular formula is C21H27ClN5O+. The molecule has 148 valence electrons. The molecule has 2 aromatic carbocycles. The largest absolute Gasteiger partial charge is 0.506 e. The Kier molecular flexibility index (Phi) is 5.99. The van der Waals surface area contributed by atoms with Crippen molar-refractivity contribution >= 4 is 34.4 Å². The molecule has 0 aliphatic heterocycles. The highest BCUT2D eigenvalue weighted by atomic mass is 35.5. The molecule has 7 heteroatoms. The van der Waals surface area contributed by atoms with Gasteiger partial charge in [-0.05, 0) is 49.7 Å². The van der Waals surface area contributed by atoms with Gasteiger partial charge in [-0.15, -0.1) is 0 Å². The van der Waals surface area contributed by atoms with E-state index in [9.17, 15) is 5.11 Å². The minimum atomic E-state index is 0.0231. The minimum Gasteiger partial charge on any atom is -0.506 e. The van der Waals surface area contributed by atoms with E-state index < -0.39 is 0 Å². The van der Waals surface area contributed by atoms with Crippen molar-refractivity contribution in [1.29, 1.82) is 0 Å². The quantitative estimate of drug-likeness (QED) is 0.320. The van der Waals surface area contributed by atoms with E-state index in [1.165, 1.54) is 0 Å². The van der Waals surface area contributed by atoms with Crippen molar-refractivity contribution in [3.05, 3.63) is 59.6 Å². The van der Waals surface area contributed by atoms with E-state index in [4.69, 9.17) is 17.3 Å². The van der Waals surface area contributed by atoms with Gasteiger partial charge in [0, 0.05) is 17.9 Å². The van der Waals surface area contributed by atoms with Crippen molar-refractivity contribution in [3.63, 3.8) is 0 Å². The molecule has 28 heavy (non-hydrogen) atoms. The van der Waals surface area contributed by atoms with Gasteiger partial charge in [0.1, 0.15) is 29.7 Å². The van der Waals surface area contributed by atoms with Crippen molar-refractivity contribution < 1.29 is 9.67 Å². The summed E-state index contributed by atoms with van der Waals surface area (Å²) in [6.45, 7) is 6.73. The zero-order valence-electron chi connectivity index (χ0n) is 16.5. The zero-order valence-corrected chi connectivity index (χ0v) is 17.2. The lowest BCUT2D eigenvalue weighted by Gasteiger charge is -2.22. The van der Waals surface area contributed by atoms with Crippen LogP contribution in [-0.4, -0.2) is 22.8 Å². The molecule has 0 radical (unpaired) electrons. The SMILES string of the molecule is CCN(CC[n+]1ccn(C)c1)c1ccc(Nc2cc(C)c(O)c(Cl)c2N)cc1. The lowest BCUT2D eigenvalue weighted by molar-refractivity contribution is -0.693. The summed E-state index contributed by atoms with van der Waals surface area (Å²) in [5, 5.41) is 13.3. The molecule has 3 aromatic rings. The Labute approximate surface area is 170 Å². The number of nitrogens with zero attached hydrogens (tertiary/aromatic N) is 3. The summed E-state index contributed by atoms with van der Waals surface area (Å²) in [5.74, 6) is 0.0231. The summed E-state index contributed by atoms with van der Waals surface area (Å²) in [6.07, 6.45) is 6.20. The average molecular weight is 401 g/mol. The second-order valence-electron chi connectivity index (χ2n) is 6.89. The number of benzene rings is 2. The van der Waals surface area contributed by atoms with Gasteiger partial charge in [-0.3, -0.25) is 0 Å². The number of likely N-dealkylation sites (N-methyl/N-ethyl adjacent to an activating group) is 1. The molecular weight excluding hydrogens is 374 g/mol. The first-order valence-corrected chi connectivity index (χ1v) is 9.67. The van der Waals surface area contributed by atoms with Gasteiger partial charge in [-0.25, -0.2) is 9.13 Å². The molecule has 4 N–H and O–H groups in total. The summed E-state index contributed by atoms with van der Waals surface area (Å²) in [7, 11) is 2.02. The maximum atomic E-state index is 9.89. The molecule has 3 rings (SSSR count). The van der Waals surface area contributed by atoms with Gasteiger partial charge in [0.2, 0.25) is 6.33 Å². The van der Waals surface area contributed by atoms with Gasteiger partial charge in [-0.1, -0.05) is 11.6 Å². The highest BCUT2D eigenvalue weighted by Crippen LogP contribution is 2.39. The molecule has 0 saturated carbocycles. The molecule has 0 saturated heterocycles. The Hall–Kier alpha value is -2.86. The number of anilines is 4. The van der Waals surface area contributed by atoms with Gasteiger partial charge < -0.3 is 21.1 Å². The van der Waals surface area contributed by atoms with Crippen LogP contribution in [0.2, 0.25) is 5.02 Å². The minimum absolute atomic E-state index is 0.0231. The Balaban J connectivity index is 1.70. The lowest BCUT2D eigenvalue weighted by atomic mass is 10.1.